The maximum Gasteiger partial charge on any atom is 0.220 e. The fourth-order valence-corrected chi connectivity index (χ4v) is 1.93. The second kappa shape index (κ2) is 9.30. The van der Waals surface area contributed by atoms with Crippen LogP contribution < -0.4 is 5.32 Å². The van der Waals surface area contributed by atoms with Gasteiger partial charge >= 0.3 is 0 Å². The lowest BCUT2D eigenvalue weighted by Crippen LogP contribution is -2.37. The molecule has 106 valence electrons. The quantitative estimate of drug-likeness (QED) is 0.502. The molecule has 0 bridgehead atoms. The monoisotopic (exact) mass is 265 g/mol. The molecule has 19 heavy (non-hydrogen) atoms. The number of nitrogens with one attached hydrogen (secondary N) is 2. The third-order valence-electron chi connectivity index (χ3n) is 3.01. The number of aromatic nitrogens is 2. The third kappa shape index (κ3) is 6.74. The Morgan fingerprint density at radius 1 is 1.42 bits per heavy atom. The smallest absolute Gasteiger partial charge is 0.220 e. The molecule has 1 rings (SSSR count). The second-order valence-corrected chi connectivity index (χ2v) is 4.76. The molecule has 0 fully saturated rings. The van der Waals surface area contributed by atoms with Crippen LogP contribution in [-0.2, 0) is 16.0 Å². The van der Waals surface area contributed by atoms with E-state index in [0.29, 0.717) is 12.8 Å². The molecule has 0 spiro atoms. The molecule has 0 aliphatic heterocycles. The molecular formula is C14H23N3O2. The van der Waals surface area contributed by atoms with Gasteiger partial charge in [0.05, 0.1) is 12.4 Å². The lowest BCUT2D eigenvalue weighted by molar-refractivity contribution is -0.124. The Balaban J connectivity index is 2.19. The fraction of sp³-hybridized carbons (Fsp3) is 0.643. The Kier molecular flexibility index (Phi) is 7.54. The summed E-state index contributed by atoms with van der Waals surface area (Å²) >= 11 is 0. The van der Waals surface area contributed by atoms with E-state index in [1.807, 2.05) is 0 Å². The summed E-state index contributed by atoms with van der Waals surface area (Å²) in [5.41, 5.74) is 0.848. The molecule has 0 saturated carbocycles. The van der Waals surface area contributed by atoms with E-state index in [-0.39, 0.29) is 5.91 Å². The number of carbonyl (C=O) groups excluding carboxylic acids is 2. The zero-order valence-electron chi connectivity index (χ0n) is 11.5. The normalized spacial score (nSPS) is 12.1. The van der Waals surface area contributed by atoms with Crippen molar-refractivity contribution in [3.05, 3.63) is 18.2 Å². The molecule has 2 N–H and O–H groups in total. The van der Waals surface area contributed by atoms with E-state index >= 15 is 0 Å². The van der Waals surface area contributed by atoms with Gasteiger partial charge < -0.3 is 15.1 Å². The highest BCUT2D eigenvalue weighted by atomic mass is 16.2. The molecule has 0 aliphatic carbocycles. The number of imidazole rings is 1. The SMILES string of the molecule is CCCCCCCC(=O)N[C@@H](C=O)Cc1cnc[nH]1. The highest BCUT2D eigenvalue weighted by molar-refractivity contribution is 5.79. The minimum atomic E-state index is -0.469. The standard InChI is InChI=1S/C14H23N3O2/c1-2-3-4-5-6-7-14(19)17-13(10-18)8-12-9-15-11-16-12/h9-11,13H,2-8H2,1H3,(H,15,16)(H,17,19)/t13-/m1/s1. The van der Waals surface area contributed by atoms with Crippen LogP contribution in [-0.4, -0.2) is 28.2 Å². The van der Waals surface area contributed by atoms with Gasteiger partial charge in [0.15, 0.2) is 0 Å². The topological polar surface area (TPSA) is 74.8 Å². The van der Waals surface area contributed by atoms with Crippen molar-refractivity contribution in [1.29, 1.82) is 0 Å². The maximum absolute atomic E-state index is 11.7. The van der Waals surface area contributed by atoms with Gasteiger partial charge in [0.1, 0.15) is 6.29 Å². The number of nitrogens with zero attached hydrogens (tertiary/aromatic N) is 1. The Labute approximate surface area is 114 Å². The number of aromatic amines is 1. The molecule has 0 radical (unpaired) electrons. The summed E-state index contributed by atoms with van der Waals surface area (Å²) < 4.78 is 0. The predicted octanol–water partition coefficient (Wildman–Crippen LogP) is 2.00. The van der Waals surface area contributed by atoms with Crippen LogP contribution in [0.1, 0.15) is 51.1 Å². The van der Waals surface area contributed by atoms with Crippen LogP contribution in [0.15, 0.2) is 12.5 Å². The van der Waals surface area contributed by atoms with Gasteiger partial charge in [-0.05, 0) is 6.42 Å². The molecule has 5 heteroatoms. The Morgan fingerprint density at radius 2 is 2.21 bits per heavy atom. The van der Waals surface area contributed by atoms with Crippen molar-refractivity contribution in [3.63, 3.8) is 0 Å². The van der Waals surface area contributed by atoms with Crippen molar-refractivity contribution >= 4 is 12.2 Å². The maximum atomic E-state index is 11.7. The minimum Gasteiger partial charge on any atom is -0.348 e. The molecule has 1 heterocycles. The van der Waals surface area contributed by atoms with Crippen LogP contribution in [0.4, 0.5) is 0 Å². The Morgan fingerprint density at radius 3 is 2.84 bits per heavy atom. The van der Waals surface area contributed by atoms with Crippen LogP contribution in [0.2, 0.25) is 0 Å². The number of H-pyrrole nitrogens is 1. The van der Waals surface area contributed by atoms with Gasteiger partial charge in [-0.2, -0.15) is 0 Å². The van der Waals surface area contributed by atoms with Crippen LogP contribution in [0.3, 0.4) is 0 Å². The number of aldehydes is 1. The summed E-state index contributed by atoms with van der Waals surface area (Å²) in [5, 5.41) is 2.74. The van der Waals surface area contributed by atoms with Gasteiger partial charge in [0.2, 0.25) is 5.91 Å². The van der Waals surface area contributed by atoms with E-state index in [9.17, 15) is 9.59 Å². The molecular weight excluding hydrogens is 242 g/mol. The average Bonchev–Trinajstić information content (AvgIpc) is 2.90. The first-order valence-electron chi connectivity index (χ1n) is 6.98. The van der Waals surface area contributed by atoms with Gasteiger partial charge in [-0.3, -0.25) is 4.79 Å². The molecule has 0 unspecified atom stereocenters. The summed E-state index contributed by atoms with van der Waals surface area (Å²) in [7, 11) is 0. The number of hydrogen-bond acceptors (Lipinski definition) is 3. The van der Waals surface area contributed by atoms with Crippen molar-refractivity contribution in [2.75, 3.05) is 0 Å². The molecule has 1 atom stereocenters. The lowest BCUT2D eigenvalue weighted by Gasteiger charge is -2.11. The minimum absolute atomic E-state index is 0.0480. The van der Waals surface area contributed by atoms with E-state index in [0.717, 1.165) is 24.8 Å². The molecule has 1 aromatic rings. The second-order valence-electron chi connectivity index (χ2n) is 4.76. The van der Waals surface area contributed by atoms with Crippen molar-refractivity contribution in [3.8, 4) is 0 Å². The summed E-state index contributed by atoms with van der Waals surface area (Å²) in [6.45, 7) is 2.16. The molecule has 1 amide bonds. The molecule has 1 aromatic heterocycles. The zero-order valence-corrected chi connectivity index (χ0v) is 11.5. The highest BCUT2D eigenvalue weighted by Gasteiger charge is 2.12. The van der Waals surface area contributed by atoms with Gasteiger partial charge in [-0.25, -0.2) is 4.98 Å². The van der Waals surface area contributed by atoms with E-state index in [4.69, 9.17) is 0 Å². The number of carbonyl (C=O) groups is 2. The largest absolute Gasteiger partial charge is 0.348 e. The summed E-state index contributed by atoms with van der Waals surface area (Å²) in [4.78, 5) is 29.4. The van der Waals surface area contributed by atoms with Gasteiger partial charge in [-0.15, -0.1) is 0 Å². The van der Waals surface area contributed by atoms with E-state index in [2.05, 4.69) is 22.2 Å². The number of unbranched alkanes of at least 4 members (excludes halogenated alkanes) is 4. The predicted molar refractivity (Wildman–Crippen MR) is 73.7 cm³/mol. The first-order chi connectivity index (χ1) is 9.26. The van der Waals surface area contributed by atoms with Crippen LogP contribution in [0.5, 0.6) is 0 Å². The van der Waals surface area contributed by atoms with Crippen LogP contribution >= 0.6 is 0 Å². The van der Waals surface area contributed by atoms with E-state index in [1.165, 1.54) is 19.3 Å². The third-order valence-corrected chi connectivity index (χ3v) is 3.01. The molecule has 0 aliphatic rings. The number of hydrogen-bond donors (Lipinski definition) is 2. The summed E-state index contributed by atoms with van der Waals surface area (Å²) in [6, 6.07) is -0.469. The zero-order chi connectivity index (χ0) is 13.9. The van der Waals surface area contributed by atoms with Crippen molar-refractivity contribution in [2.24, 2.45) is 0 Å². The van der Waals surface area contributed by atoms with E-state index < -0.39 is 6.04 Å². The first-order valence-corrected chi connectivity index (χ1v) is 6.98. The molecule has 0 saturated heterocycles. The number of amides is 1. The van der Waals surface area contributed by atoms with Gasteiger partial charge in [0, 0.05) is 24.7 Å². The summed E-state index contributed by atoms with van der Waals surface area (Å²) in [6.07, 6.45) is 10.5. The lowest BCUT2D eigenvalue weighted by atomic mass is 10.1. The first kappa shape index (κ1) is 15.4. The highest BCUT2D eigenvalue weighted by Crippen LogP contribution is 2.05. The molecule has 5 nitrogen and oxygen atoms in total. The molecule has 0 aromatic carbocycles. The van der Waals surface area contributed by atoms with Crippen LogP contribution in [0.25, 0.3) is 0 Å². The average molecular weight is 265 g/mol. The van der Waals surface area contributed by atoms with Gasteiger partial charge in [-0.1, -0.05) is 32.6 Å². The number of rotatable bonds is 10. The van der Waals surface area contributed by atoms with Crippen molar-refractivity contribution in [1.82, 2.24) is 15.3 Å². The summed E-state index contributed by atoms with van der Waals surface area (Å²) in [5.74, 6) is -0.0480. The Hall–Kier alpha value is -1.65. The van der Waals surface area contributed by atoms with Crippen molar-refractivity contribution in [2.45, 2.75) is 57.9 Å². The van der Waals surface area contributed by atoms with E-state index in [1.54, 1.807) is 12.5 Å². The Bertz CT molecular complexity index is 363. The van der Waals surface area contributed by atoms with Gasteiger partial charge in [0.25, 0.3) is 0 Å². The fourth-order valence-electron chi connectivity index (χ4n) is 1.93. The van der Waals surface area contributed by atoms with Crippen LogP contribution in [0, 0.1) is 0 Å². The van der Waals surface area contributed by atoms with Crippen molar-refractivity contribution < 1.29 is 9.59 Å².